The minimum atomic E-state index is 0.0913. The Labute approximate surface area is 140 Å². The van der Waals surface area contributed by atoms with E-state index in [1.54, 1.807) is 0 Å². The lowest BCUT2D eigenvalue weighted by molar-refractivity contribution is 0.255. The summed E-state index contributed by atoms with van der Waals surface area (Å²) in [6.07, 6.45) is 4.66. The third-order valence-electron chi connectivity index (χ3n) is 5.31. The Hall–Kier alpha value is -1.21. The molecule has 0 aromatic heterocycles. The Morgan fingerprint density at radius 3 is 1.77 bits per heavy atom. The summed E-state index contributed by atoms with van der Waals surface area (Å²) in [5, 5.41) is 0. The molecule has 0 fully saturated rings. The minimum Gasteiger partial charge on any atom is -0.165 e. The van der Waals surface area contributed by atoms with Gasteiger partial charge in [-0.05, 0) is 41.4 Å². The van der Waals surface area contributed by atoms with E-state index in [0.717, 1.165) is 0 Å². The fraction of sp³-hybridized carbons (Fsp3) is 0.429. The SMILES string of the molecule is CSCCCC(C)(c1ccccc1)C(C)(C)c1ccccc1. The van der Waals surface area contributed by atoms with Crippen LogP contribution in [0.15, 0.2) is 60.7 Å². The molecule has 0 heterocycles. The zero-order chi connectivity index (χ0) is 16.1. The zero-order valence-corrected chi connectivity index (χ0v) is 15.1. The van der Waals surface area contributed by atoms with Crippen LogP contribution in [0.25, 0.3) is 0 Å². The van der Waals surface area contributed by atoms with Gasteiger partial charge in [0.15, 0.2) is 0 Å². The summed E-state index contributed by atoms with van der Waals surface area (Å²) in [4.78, 5) is 0. The fourth-order valence-corrected chi connectivity index (χ4v) is 3.80. The standard InChI is InChI=1S/C21H28S/c1-20(2,18-12-7-5-8-13-18)21(3,16-11-17-22-4)19-14-9-6-10-15-19/h5-10,12-15H,11,16-17H2,1-4H3. The van der Waals surface area contributed by atoms with Crippen molar-refractivity contribution in [2.75, 3.05) is 12.0 Å². The first-order valence-corrected chi connectivity index (χ1v) is 9.52. The quantitative estimate of drug-likeness (QED) is 0.559. The first-order chi connectivity index (χ1) is 10.5. The summed E-state index contributed by atoms with van der Waals surface area (Å²) in [5.74, 6) is 1.23. The van der Waals surface area contributed by atoms with Gasteiger partial charge in [-0.15, -0.1) is 0 Å². The molecule has 0 aliphatic rings. The Morgan fingerprint density at radius 1 is 0.773 bits per heavy atom. The molecule has 0 aliphatic heterocycles. The van der Waals surface area contributed by atoms with E-state index in [1.807, 2.05) is 11.8 Å². The van der Waals surface area contributed by atoms with Crippen LogP contribution in [-0.4, -0.2) is 12.0 Å². The average Bonchev–Trinajstić information content (AvgIpc) is 2.56. The summed E-state index contributed by atoms with van der Waals surface area (Å²) >= 11 is 1.94. The normalized spacial score (nSPS) is 14.5. The van der Waals surface area contributed by atoms with Crippen LogP contribution in [0.4, 0.5) is 0 Å². The Kier molecular flexibility index (Phi) is 5.74. The number of hydrogen-bond acceptors (Lipinski definition) is 1. The highest BCUT2D eigenvalue weighted by molar-refractivity contribution is 7.98. The van der Waals surface area contributed by atoms with E-state index in [9.17, 15) is 0 Å². The van der Waals surface area contributed by atoms with Crippen LogP contribution in [0.2, 0.25) is 0 Å². The monoisotopic (exact) mass is 312 g/mol. The lowest BCUT2D eigenvalue weighted by Gasteiger charge is -2.46. The van der Waals surface area contributed by atoms with E-state index >= 15 is 0 Å². The van der Waals surface area contributed by atoms with E-state index < -0.39 is 0 Å². The number of hydrogen-bond donors (Lipinski definition) is 0. The summed E-state index contributed by atoms with van der Waals surface area (Å²) in [7, 11) is 0. The second-order valence-corrected chi connectivity index (χ2v) is 7.77. The molecule has 2 rings (SSSR count). The van der Waals surface area contributed by atoms with Gasteiger partial charge in [-0.3, -0.25) is 0 Å². The van der Waals surface area contributed by atoms with Gasteiger partial charge in [0.25, 0.3) is 0 Å². The summed E-state index contributed by atoms with van der Waals surface area (Å²) < 4.78 is 0. The van der Waals surface area contributed by atoms with Crippen molar-refractivity contribution in [3.8, 4) is 0 Å². The molecule has 0 saturated carbocycles. The molecule has 0 nitrogen and oxygen atoms in total. The number of thioether (sulfide) groups is 1. The van der Waals surface area contributed by atoms with Gasteiger partial charge >= 0.3 is 0 Å². The molecule has 22 heavy (non-hydrogen) atoms. The van der Waals surface area contributed by atoms with Crippen molar-refractivity contribution in [2.24, 2.45) is 0 Å². The van der Waals surface area contributed by atoms with Crippen LogP contribution in [0.1, 0.15) is 44.7 Å². The zero-order valence-electron chi connectivity index (χ0n) is 14.3. The molecule has 0 radical (unpaired) electrons. The van der Waals surface area contributed by atoms with Crippen LogP contribution in [0.3, 0.4) is 0 Å². The molecule has 1 heteroatoms. The van der Waals surface area contributed by atoms with Crippen molar-refractivity contribution in [1.29, 1.82) is 0 Å². The molecule has 0 aliphatic carbocycles. The summed E-state index contributed by atoms with van der Waals surface area (Å²) in [6.45, 7) is 7.23. The summed E-state index contributed by atoms with van der Waals surface area (Å²) in [5.41, 5.74) is 3.09. The lowest BCUT2D eigenvalue weighted by atomic mass is 9.58. The molecule has 0 saturated heterocycles. The van der Waals surface area contributed by atoms with Crippen molar-refractivity contribution in [1.82, 2.24) is 0 Å². The number of benzene rings is 2. The maximum Gasteiger partial charge on any atom is 0.00165 e. The highest BCUT2D eigenvalue weighted by atomic mass is 32.2. The Morgan fingerprint density at radius 2 is 1.27 bits per heavy atom. The molecule has 0 amide bonds. The van der Waals surface area contributed by atoms with Crippen LogP contribution in [0, 0.1) is 0 Å². The van der Waals surface area contributed by atoms with E-state index in [-0.39, 0.29) is 10.8 Å². The van der Waals surface area contributed by atoms with Crippen molar-refractivity contribution in [3.05, 3.63) is 71.8 Å². The van der Waals surface area contributed by atoms with Gasteiger partial charge in [-0.2, -0.15) is 11.8 Å². The molecule has 0 N–H and O–H groups in total. The van der Waals surface area contributed by atoms with Gasteiger partial charge in [0.1, 0.15) is 0 Å². The lowest BCUT2D eigenvalue weighted by Crippen LogP contribution is -2.43. The van der Waals surface area contributed by atoms with Gasteiger partial charge in [0.05, 0.1) is 0 Å². The topological polar surface area (TPSA) is 0 Å². The third kappa shape index (κ3) is 3.41. The van der Waals surface area contributed by atoms with Gasteiger partial charge in [-0.25, -0.2) is 0 Å². The largest absolute Gasteiger partial charge is 0.165 e. The smallest absolute Gasteiger partial charge is 0.00165 e. The first kappa shape index (κ1) is 17.1. The van der Waals surface area contributed by atoms with Crippen molar-refractivity contribution < 1.29 is 0 Å². The summed E-state index contributed by atoms with van der Waals surface area (Å²) in [6, 6.07) is 22.0. The van der Waals surface area contributed by atoms with Crippen molar-refractivity contribution in [3.63, 3.8) is 0 Å². The molecule has 118 valence electrons. The molecule has 0 spiro atoms. The number of rotatable bonds is 7. The Balaban J connectivity index is 2.43. The van der Waals surface area contributed by atoms with Crippen LogP contribution >= 0.6 is 11.8 Å². The van der Waals surface area contributed by atoms with Crippen LogP contribution in [0.5, 0.6) is 0 Å². The van der Waals surface area contributed by atoms with E-state index in [1.165, 1.54) is 29.7 Å². The van der Waals surface area contributed by atoms with E-state index in [4.69, 9.17) is 0 Å². The van der Waals surface area contributed by atoms with Gasteiger partial charge < -0.3 is 0 Å². The highest BCUT2D eigenvalue weighted by Crippen LogP contribution is 2.47. The predicted molar refractivity (Wildman–Crippen MR) is 101 cm³/mol. The van der Waals surface area contributed by atoms with E-state index in [0.29, 0.717) is 0 Å². The van der Waals surface area contributed by atoms with Crippen LogP contribution < -0.4 is 0 Å². The first-order valence-electron chi connectivity index (χ1n) is 8.12. The van der Waals surface area contributed by atoms with Gasteiger partial charge in [0.2, 0.25) is 0 Å². The molecular weight excluding hydrogens is 284 g/mol. The average molecular weight is 313 g/mol. The minimum absolute atomic E-state index is 0.0913. The maximum atomic E-state index is 2.44. The molecule has 2 aromatic rings. The molecule has 2 aromatic carbocycles. The fourth-order valence-electron chi connectivity index (χ4n) is 3.37. The maximum absolute atomic E-state index is 2.44. The predicted octanol–water partition coefficient (Wildman–Crippen LogP) is 6.07. The molecular formula is C21H28S. The van der Waals surface area contributed by atoms with Crippen molar-refractivity contribution >= 4 is 11.8 Å². The Bertz CT molecular complexity index is 559. The van der Waals surface area contributed by atoms with Crippen LogP contribution in [-0.2, 0) is 10.8 Å². The highest BCUT2D eigenvalue weighted by Gasteiger charge is 2.42. The van der Waals surface area contributed by atoms with Gasteiger partial charge in [0, 0.05) is 5.41 Å². The second kappa shape index (κ2) is 7.37. The van der Waals surface area contributed by atoms with Crippen molar-refractivity contribution in [2.45, 2.75) is 44.4 Å². The van der Waals surface area contributed by atoms with E-state index in [2.05, 4.69) is 87.7 Å². The molecule has 1 atom stereocenters. The molecule has 0 bridgehead atoms. The van der Waals surface area contributed by atoms with Gasteiger partial charge in [-0.1, -0.05) is 81.4 Å². The third-order valence-corrected chi connectivity index (χ3v) is 6.01. The molecule has 1 unspecified atom stereocenters. The second-order valence-electron chi connectivity index (χ2n) is 6.79.